The fraction of sp³-hybridized carbons (Fsp3) is 0.500. The van der Waals surface area contributed by atoms with Crippen LogP contribution in [0.3, 0.4) is 0 Å². The Hall–Kier alpha value is -2.44. The lowest BCUT2D eigenvalue weighted by Crippen LogP contribution is -2.48. The van der Waals surface area contributed by atoms with Crippen molar-refractivity contribution in [3.05, 3.63) is 36.7 Å². The van der Waals surface area contributed by atoms with Crippen LogP contribution >= 0.6 is 0 Å². The minimum Gasteiger partial charge on any atom is -0.352 e. The summed E-state index contributed by atoms with van der Waals surface area (Å²) in [6.07, 6.45) is 10.3. The second-order valence-electron chi connectivity index (χ2n) is 5.90. The summed E-state index contributed by atoms with van der Waals surface area (Å²) < 4.78 is 1.95. The normalized spacial score (nSPS) is 18.0. The Labute approximate surface area is 135 Å². The topological polar surface area (TPSA) is 75.9 Å². The van der Waals surface area contributed by atoms with Crippen LogP contribution in [0, 0.1) is 0 Å². The van der Waals surface area contributed by atoms with E-state index in [1.807, 2.05) is 23.9 Å². The molecule has 122 valence electrons. The molecule has 0 bridgehead atoms. The Kier molecular flexibility index (Phi) is 4.85. The maximum Gasteiger partial charge on any atom is 0.225 e. The molecule has 1 N–H and O–H groups in total. The van der Waals surface area contributed by atoms with Gasteiger partial charge < -0.3 is 14.8 Å². The molecule has 1 aliphatic heterocycles. The quantitative estimate of drug-likeness (QED) is 0.888. The SMILES string of the molecule is Cn1cncc1CCC(=O)N[C@H]1CCCN(c2ncccn2)C1. The molecule has 1 amide bonds. The molecule has 2 aromatic heterocycles. The first-order valence-corrected chi connectivity index (χ1v) is 7.99. The summed E-state index contributed by atoms with van der Waals surface area (Å²) >= 11 is 0. The molecule has 1 aliphatic rings. The molecular weight excluding hydrogens is 292 g/mol. The Morgan fingerprint density at radius 1 is 1.39 bits per heavy atom. The van der Waals surface area contributed by atoms with Gasteiger partial charge in [0.25, 0.3) is 0 Å². The highest BCUT2D eigenvalue weighted by molar-refractivity contribution is 5.76. The summed E-state index contributed by atoms with van der Waals surface area (Å²) in [6, 6.07) is 1.97. The molecule has 1 atom stereocenters. The number of carbonyl (C=O) groups excluding carboxylic acids is 1. The third-order valence-electron chi connectivity index (χ3n) is 4.15. The van der Waals surface area contributed by atoms with Crippen molar-refractivity contribution in [2.75, 3.05) is 18.0 Å². The van der Waals surface area contributed by atoms with Gasteiger partial charge in [-0.25, -0.2) is 15.0 Å². The largest absolute Gasteiger partial charge is 0.352 e. The van der Waals surface area contributed by atoms with Crippen molar-refractivity contribution < 1.29 is 4.79 Å². The van der Waals surface area contributed by atoms with Gasteiger partial charge in [-0.05, 0) is 25.3 Å². The van der Waals surface area contributed by atoms with E-state index in [-0.39, 0.29) is 11.9 Å². The van der Waals surface area contributed by atoms with E-state index in [1.54, 1.807) is 18.7 Å². The number of aryl methyl sites for hydroxylation is 2. The molecule has 0 radical (unpaired) electrons. The number of hydrogen-bond donors (Lipinski definition) is 1. The highest BCUT2D eigenvalue weighted by Gasteiger charge is 2.22. The predicted molar refractivity (Wildman–Crippen MR) is 86.9 cm³/mol. The van der Waals surface area contributed by atoms with Crippen LogP contribution in [0.5, 0.6) is 0 Å². The molecule has 1 fully saturated rings. The van der Waals surface area contributed by atoms with Crippen molar-refractivity contribution in [2.24, 2.45) is 7.05 Å². The Bertz CT molecular complexity index is 641. The summed E-state index contributed by atoms with van der Waals surface area (Å²) in [7, 11) is 1.94. The van der Waals surface area contributed by atoms with Gasteiger partial charge in [0, 0.05) is 56.9 Å². The molecule has 1 saturated heterocycles. The maximum absolute atomic E-state index is 12.2. The van der Waals surface area contributed by atoms with Gasteiger partial charge >= 0.3 is 0 Å². The molecule has 0 aromatic carbocycles. The predicted octanol–water partition coefficient (Wildman–Crippen LogP) is 0.928. The number of imidazole rings is 1. The molecule has 0 saturated carbocycles. The second-order valence-corrected chi connectivity index (χ2v) is 5.90. The monoisotopic (exact) mass is 314 g/mol. The fourth-order valence-corrected chi connectivity index (χ4v) is 2.90. The van der Waals surface area contributed by atoms with E-state index in [0.29, 0.717) is 12.8 Å². The highest BCUT2D eigenvalue weighted by atomic mass is 16.1. The Morgan fingerprint density at radius 3 is 2.96 bits per heavy atom. The molecule has 7 heteroatoms. The third-order valence-corrected chi connectivity index (χ3v) is 4.15. The molecule has 3 rings (SSSR count). The molecule has 23 heavy (non-hydrogen) atoms. The van der Waals surface area contributed by atoms with Gasteiger partial charge in [-0.15, -0.1) is 0 Å². The Balaban J connectivity index is 1.49. The lowest BCUT2D eigenvalue weighted by Gasteiger charge is -2.33. The van der Waals surface area contributed by atoms with E-state index in [9.17, 15) is 4.79 Å². The first-order valence-electron chi connectivity index (χ1n) is 7.99. The average molecular weight is 314 g/mol. The molecule has 2 aromatic rings. The molecule has 7 nitrogen and oxygen atoms in total. The van der Waals surface area contributed by atoms with Gasteiger partial charge in [0.2, 0.25) is 11.9 Å². The summed E-state index contributed by atoms with van der Waals surface area (Å²) in [6.45, 7) is 1.70. The zero-order chi connectivity index (χ0) is 16.1. The van der Waals surface area contributed by atoms with Crippen LogP contribution in [0.4, 0.5) is 5.95 Å². The average Bonchev–Trinajstić information content (AvgIpc) is 2.99. The van der Waals surface area contributed by atoms with Crippen LogP contribution in [0.1, 0.15) is 25.0 Å². The summed E-state index contributed by atoms with van der Waals surface area (Å²) in [4.78, 5) is 27.0. The lowest BCUT2D eigenvalue weighted by molar-refractivity contribution is -0.121. The minimum atomic E-state index is 0.0898. The van der Waals surface area contributed by atoms with Crippen molar-refractivity contribution >= 4 is 11.9 Å². The van der Waals surface area contributed by atoms with E-state index in [4.69, 9.17) is 0 Å². The molecule has 0 spiro atoms. The minimum absolute atomic E-state index is 0.0898. The number of aromatic nitrogens is 4. The molecular formula is C16H22N6O. The van der Waals surface area contributed by atoms with Crippen molar-refractivity contribution in [1.29, 1.82) is 0 Å². The summed E-state index contributed by atoms with van der Waals surface area (Å²) in [5.41, 5.74) is 1.07. The third kappa shape index (κ3) is 4.06. The van der Waals surface area contributed by atoms with Crippen LogP contribution in [-0.4, -0.2) is 44.6 Å². The number of rotatable bonds is 5. The standard InChI is InChI=1S/C16H22N6O/c1-21-12-17-10-14(21)5-6-15(23)20-13-4-2-9-22(11-13)16-18-7-3-8-19-16/h3,7-8,10,12-13H,2,4-6,9,11H2,1H3,(H,20,23)/t13-/m0/s1. The Morgan fingerprint density at radius 2 is 2.22 bits per heavy atom. The summed E-state index contributed by atoms with van der Waals surface area (Å²) in [5, 5.41) is 3.13. The maximum atomic E-state index is 12.2. The van der Waals surface area contributed by atoms with Gasteiger partial charge in [-0.1, -0.05) is 0 Å². The van der Waals surface area contributed by atoms with Gasteiger partial charge in [0.1, 0.15) is 0 Å². The van der Waals surface area contributed by atoms with Crippen LogP contribution in [0.15, 0.2) is 31.0 Å². The van der Waals surface area contributed by atoms with E-state index in [2.05, 4.69) is 25.2 Å². The zero-order valence-electron chi connectivity index (χ0n) is 13.4. The smallest absolute Gasteiger partial charge is 0.225 e. The summed E-state index contributed by atoms with van der Waals surface area (Å²) in [5.74, 6) is 0.827. The number of hydrogen-bond acceptors (Lipinski definition) is 5. The number of piperidine rings is 1. The van der Waals surface area contributed by atoms with Gasteiger partial charge in [0.15, 0.2) is 0 Å². The first kappa shape index (κ1) is 15.5. The van der Waals surface area contributed by atoms with Crippen molar-refractivity contribution in [3.8, 4) is 0 Å². The number of anilines is 1. The zero-order valence-corrected chi connectivity index (χ0v) is 13.4. The number of carbonyl (C=O) groups is 1. The van der Waals surface area contributed by atoms with Crippen molar-refractivity contribution in [3.63, 3.8) is 0 Å². The van der Waals surface area contributed by atoms with E-state index >= 15 is 0 Å². The first-order chi connectivity index (χ1) is 11.2. The molecule has 0 unspecified atom stereocenters. The van der Waals surface area contributed by atoms with Crippen LogP contribution in [0.25, 0.3) is 0 Å². The van der Waals surface area contributed by atoms with Crippen molar-refractivity contribution in [2.45, 2.75) is 31.7 Å². The van der Waals surface area contributed by atoms with E-state index in [0.717, 1.165) is 37.6 Å². The lowest BCUT2D eigenvalue weighted by atomic mass is 10.1. The van der Waals surface area contributed by atoms with Crippen LogP contribution < -0.4 is 10.2 Å². The van der Waals surface area contributed by atoms with Gasteiger partial charge in [-0.2, -0.15) is 0 Å². The number of nitrogens with one attached hydrogen (secondary N) is 1. The van der Waals surface area contributed by atoms with E-state index in [1.165, 1.54) is 0 Å². The number of nitrogens with zero attached hydrogens (tertiary/aromatic N) is 5. The van der Waals surface area contributed by atoms with Crippen molar-refractivity contribution in [1.82, 2.24) is 24.8 Å². The fourth-order valence-electron chi connectivity index (χ4n) is 2.90. The van der Waals surface area contributed by atoms with Crippen LogP contribution in [-0.2, 0) is 18.3 Å². The number of amides is 1. The van der Waals surface area contributed by atoms with Gasteiger partial charge in [0.05, 0.1) is 6.33 Å². The second kappa shape index (κ2) is 7.21. The van der Waals surface area contributed by atoms with E-state index < -0.39 is 0 Å². The van der Waals surface area contributed by atoms with Crippen LogP contribution in [0.2, 0.25) is 0 Å². The van der Waals surface area contributed by atoms with Gasteiger partial charge in [-0.3, -0.25) is 4.79 Å². The molecule has 3 heterocycles. The molecule has 0 aliphatic carbocycles. The highest BCUT2D eigenvalue weighted by Crippen LogP contribution is 2.15.